The van der Waals surface area contributed by atoms with E-state index >= 15 is 0 Å². The maximum atomic E-state index is 11.6. The van der Waals surface area contributed by atoms with Crippen LogP contribution >= 0.6 is 0 Å². The first-order valence-corrected chi connectivity index (χ1v) is 7.46. The fourth-order valence-corrected chi connectivity index (χ4v) is 1.86. The third kappa shape index (κ3) is 5.30. The Morgan fingerprint density at radius 2 is 1.92 bits per heavy atom. The van der Waals surface area contributed by atoms with Crippen molar-refractivity contribution in [2.75, 3.05) is 17.2 Å². The van der Waals surface area contributed by atoms with Gasteiger partial charge in [-0.05, 0) is 36.5 Å². The second kappa shape index (κ2) is 8.78. The van der Waals surface area contributed by atoms with E-state index in [0.717, 1.165) is 5.69 Å². The van der Waals surface area contributed by atoms with Gasteiger partial charge in [-0.3, -0.25) is 14.6 Å². The van der Waals surface area contributed by atoms with Crippen LogP contribution in [0.3, 0.4) is 0 Å². The van der Waals surface area contributed by atoms with E-state index in [-0.39, 0.29) is 23.9 Å². The molecule has 0 saturated heterocycles. The molecule has 1 heterocycles. The first-order valence-electron chi connectivity index (χ1n) is 7.46. The normalized spacial score (nSPS) is 10.9. The van der Waals surface area contributed by atoms with Crippen LogP contribution in [0.5, 0.6) is 0 Å². The third-order valence-electron chi connectivity index (χ3n) is 3.03. The molecule has 0 bridgehead atoms. The maximum absolute atomic E-state index is 11.6. The van der Waals surface area contributed by atoms with E-state index in [0.29, 0.717) is 5.69 Å². The smallest absolute Gasteiger partial charge is 0.254 e. The third-order valence-corrected chi connectivity index (χ3v) is 3.03. The summed E-state index contributed by atoms with van der Waals surface area (Å²) in [6.45, 7) is -0.140. The summed E-state index contributed by atoms with van der Waals surface area (Å²) in [4.78, 5) is 34.6. The van der Waals surface area contributed by atoms with Crippen LogP contribution in [0, 0.1) is 0 Å². The monoisotopic (exact) mass is 354 g/mol. The van der Waals surface area contributed by atoms with Gasteiger partial charge in [-0.2, -0.15) is 4.98 Å². The summed E-state index contributed by atoms with van der Waals surface area (Å²) in [5.41, 5.74) is 17.1. The second-order valence-electron chi connectivity index (χ2n) is 4.97. The highest BCUT2D eigenvalue weighted by atomic mass is 16.1. The van der Waals surface area contributed by atoms with Crippen LogP contribution in [-0.2, 0) is 4.79 Å². The number of primary amides is 2. The second-order valence-corrected chi connectivity index (χ2v) is 4.97. The van der Waals surface area contributed by atoms with Gasteiger partial charge in [0, 0.05) is 18.1 Å². The summed E-state index contributed by atoms with van der Waals surface area (Å²) < 4.78 is 0. The largest absolute Gasteiger partial charge is 0.405 e. The molecule has 26 heavy (non-hydrogen) atoms. The lowest BCUT2D eigenvalue weighted by atomic mass is 10.2. The fourth-order valence-electron chi connectivity index (χ4n) is 1.86. The van der Waals surface area contributed by atoms with Crippen molar-refractivity contribution in [3.8, 4) is 0 Å². The topological polar surface area (TPSA) is 174 Å². The van der Waals surface area contributed by atoms with E-state index in [9.17, 15) is 9.59 Å². The molecule has 1 aromatic heterocycles. The lowest BCUT2D eigenvalue weighted by Crippen LogP contribution is -2.23. The Hall–Kier alpha value is -3.95. The molecule has 0 aliphatic heterocycles. The fraction of sp³-hybridized carbons (Fsp3) is 0.0625. The number of carbonyl (C=O) groups is 2. The van der Waals surface area contributed by atoms with Crippen LogP contribution in [0.2, 0.25) is 0 Å². The highest BCUT2D eigenvalue weighted by molar-refractivity contribution is 5.98. The highest BCUT2D eigenvalue weighted by Gasteiger charge is 2.12. The van der Waals surface area contributed by atoms with Gasteiger partial charge in [-0.1, -0.05) is 0 Å². The molecule has 10 heteroatoms. The molecule has 8 N–H and O–H groups in total. The molecular weight excluding hydrogens is 336 g/mol. The summed E-state index contributed by atoms with van der Waals surface area (Å²) in [5.74, 6) is -0.931. The number of hydrogen-bond acceptors (Lipinski definition) is 8. The average Bonchev–Trinajstić information content (AvgIpc) is 2.61. The molecule has 0 fully saturated rings. The van der Waals surface area contributed by atoms with Crippen LogP contribution in [0.1, 0.15) is 10.4 Å². The van der Waals surface area contributed by atoms with Gasteiger partial charge >= 0.3 is 0 Å². The number of benzene rings is 1. The Balaban J connectivity index is 2.21. The van der Waals surface area contributed by atoms with Gasteiger partial charge in [-0.15, -0.1) is 0 Å². The summed E-state index contributed by atoms with van der Waals surface area (Å²) in [6, 6.07) is 7.03. The lowest BCUT2D eigenvalue weighted by Gasteiger charge is -2.11. The van der Waals surface area contributed by atoms with Crippen molar-refractivity contribution in [1.82, 2.24) is 9.97 Å². The van der Waals surface area contributed by atoms with Crippen molar-refractivity contribution in [2.45, 2.75) is 0 Å². The average molecular weight is 354 g/mol. The number of hydrogen-bond donors (Lipinski definition) is 5. The number of aromatic nitrogens is 2. The molecule has 0 unspecified atom stereocenters. The molecule has 2 amide bonds. The number of nitrogens with two attached hydrogens (primary N) is 3. The van der Waals surface area contributed by atoms with Crippen molar-refractivity contribution in [3.63, 3.8) is 0 Å². The van der Waals surface area contributed by atoms with Gasteiger partial charge in [0.15, 0.2) is 0 Å². The van der Waals surface area contributed by atoms with Crippen molar-refractivity contribution in [2.24, 2.45) is 22.2 Å². The number of carbonyl (C=O) groups excluding carboxylic acids is 2. The molecule has 0 aliphatic carbocycles. The lowest BCUT2D eigenvalue weighted by molar-refractivity contribution is -0.116. The van der Waals surface area contributed by atoms with Gasteiger partial charge < -0.3 is 27.8 Å². The van der Waals surface area contributed by atoms with E-state index in [4.69, 9.17) is 17.2 Å². The zero-order valence-electron chi connectivity index (χ0n) is 13.7. The first kappa shape index (κ1) is 18.4. The van der Waals surface area contributed by atoms with E-state index in [2.05, 4.69) is 25.6 Å². The summed E-state index contributed by atoms with van der Waals surface area (Å²) in [5, 5.41) is 5.63. The minimum Gasteiger partial charge on any atom is -0.405 e. The van der Waals surface area contributed by atoms with Crippen molar-refractivity contribution >= 4 is 41.2 Å². The van der Waals surface area contributed by atoms with E-state index < -0.39 is 11.8 Å². The van der Waals surface area contributed by atoms with Crippen LogP contribution in [0.25, 0.3) is 0 Å². The van der Waals surface area contributed by atoms with E-state index in [1.807, 2.05) is 0 Å². The SMILES string of the molecule is NC=CC=Nc1ccc(Nc2nc(NCC(N)=O)ncc2C(N)=O)cc1. The zero-order valence-corrected chi connectivity index (χ0v) is 13.7. The molecule has 10 nitrogen and oxygen atoms in total. The van der Waals surface area contributed by atoms with Gasteiger partial charge in [-0.25, -0.2) is 4.98 Å². The number of nitrogens with zero attached hydrogens (tertiary/aromatic N) is 3. The van der Waals surface area contributed by atoms with Crippen molar-refractivity contribution in [3.05, 3.63) is 48.3 Å². The Kier molecular flexibility index (Phi) is 6.21. The predicted molar refractivity (Wildman–Crippen MR) is 99.4 cm³/mol. The minimum absolute atomic E-state index is 0.102. The molecule has 134 valence electrons. The molecule has 0 saturated carbocycles. The summed E-state index contributed by atoms with van der Waals surface area (Å²) >= 11 is 0. The zero-order chi connectivity index (χ0) is 18.9. The van der Waals surface area contributed by atoms with Crippen molar-refractivity contribution in [1.29, 1.82) is 0 Å². The number of allylic oxidation sites excluding steroid dienone is 1. The molecule has 1 aromatic carbocycles. The van der Waals surface area contributed by atoms with Crippen LogP contribution < -0.4 is 27.8 Å². The number of rotatable bonds is 8. The van der Waals surface area contributed by atoms with Crippen molar-refractivity contribution < 1.29 is 9.59 Å². The minimum atomic E-state index is -0.691. The van der Waals surface area contributed by atoms with E-state index in [1.165, 1.54) is 12.4 Å². The summed E-state index contributed by atoms with van der Waals surface area (Å²) in [6.07, 6.45) is 5.81. The quantitative estimate of drug-likeness (QED) is 0.426. The van der Waals surface area contributed by atoms with Gasteiger partial charge in [0.1, 0.15) is 11.4 Å². The Morgan fingerprint density at radius 3 is 2.54 bits per heavy atom. The number of amides is 2. The van der Waals surface area contributed by atoms with E-state index in [1.54, 1.807) is 36.6 Å². The molecular formula is C16H18N8O2. The summed E-state index contributed by atoms with van der Waals surface area (Å²) in [7, 11) is 0. The number of aliphatic imine (C=N–C) groups is 1. The van der Waals surface area contributed by atoms with Crippen LogP contribution in [0.15, 0.2) is 47.7 Å². The van der Waals surface area contributed by atoms with Gasteiger partial charge in [0.05, 0.1) is 12.2 Å². The number of nitrogens with one attached hydrogen (secondary N) is 2. The molecule has 0 radical (unpaired) electrons. The molecule has 2 rings (SSSR count). The van der Waals surface area contributed by atoms with Gasteiger partial charge in [0.25, 0.3) is 5.91 Å². The number of anilines is 3. The van der Waals surface area contributed by atoms with Crippen LogP contribution in [0.4, 0.5) is 23.1 Å². The Bertz CT molecular complexity index is 846. The predicted octanol–water partition coefficient (Wildman–Crippen LogP) is 0.391. The maximum Gasteiger partial charge on any atom is 0.254 e. The Morgan fingerprint density at radius 1 is 1.19 bits per heavy atom. The Labute approximate surface area is 149 Å². The van der Waals surface area contributed by atoms with Crippen LogP contribution in [-0.4, -0.2) is 34.5 Å². The molecule has 0 spiro atoms. The standard InChI is InChI=1S/C16H18N8O2/c17-6-1-7-20-10-2-4-11(5-3-10)23-15-12(14(19)26)8-21-16(24-15)22-9-13(18)25/h1-8H,9,17H2,(H2,18,25)(H2,19,26)(H2,21,22,23,24). The highest BCUT2D eigenvalue weighted by Crippen LogP contribution is 2.22. The van der Waals surface area contributed by atoms with Gasteiger partial charge in [0.2, 0.25) is 11.9 Å². The molecule has 2 aromatic rings. The molecule has 0 aliphatic rings. The molecule has 0 atom stereocenters. The first-order chi connectivity index (χ1) is 12.5.